The third kappa shape index (κ3) is 62.2. The number of aliphatic hydroxyl groups excluding tert-OH is 1. The summed E-state index contributed by atoms with van der Waals surface area (Å²) in [5.41, 5.74) is 0. The summed E-state index contributed by atoms with van der Waals surface area (Å²) in [4.78, 5) is 72.6. The molecule has 0 amide bonds. The standard InChI is InChI=1S/C71H138O17P2/c1-9-63(7)49-41-33-24-18-15-16-19-26-35-43-51-68(73)81-57-66(87-70(75)53-45-37-27-20-14-12-11-13-17-23-31-39-47-61(3)4)59-85-89(77,78)83-55-65(72)56-84-90(79,80)86-60-67(58-82-69(74)52-44-36-30-29-32-40-48-62(5)6)88-71(76)54-46-38-28-22-21-25-34-42-50-64(8)10-2/h61-67,72H,9-60H2,1-8H3,(H,77,78)(H,79,80)/t63?,64?,65-,66-,67-/m1/s1. The molecule has 0 bridgehead atoms. The van der Waals surface area contributed by atoms with Crippen molar-refractivity contribution in [1.82, 2.24) is 0 Å². The van der Waals surface area contributed by atoms with Crippen LogP contribution in [-0.2, 0) is 65.4 Å². The van der Waals surface area contributed by atoms with Gasteiger partial charge in [0.2, 0.25) is 0 Å². The molecule has 4 unspecified atom stereocenters. The lowest BCUT2D eigenvalue weighted by Gasteiger charge is -2.21. The summed E-state index contributed by atoms with van der Waals surface area (Å²) in [7, 11) is -9.90. The van der Waals surface area contributed by atoms with E-state index >= 15 is 0 Å². The number of carbonyl (C=O) groups is 4. The van der Waals surface area contributed by atoms with Gasteiger partial charge in [0.05, 0.1) is 26.4 Å². The maximum Gasteiger partial charge on any atom is 0.472 e. The fraction of sp³-hybridized carbons (Fsp3) is 0.944. The maximum atomic E-state index is 13.0. The first-order valence-corrected chi connectivity index (χ1v) is 39.8. The van der Waals surface area contributed by atoms with Gasteiger partial charge in [-0.2, -0.15) is 0 Å². The number of aliphatic hydroxyl groups is 1. The summed E-state index contributed by atoms with van der Waals surface area (Å²) in [6, 6.07) is 0. The largest absolute Gasteiger partial charge is 0.472 e. The summed E-state index contributed by atoms with van der Waals surface area (Å²) in [6.07, 6.45) is 43.0. The summed E-state index contributed by atoms with van der Waals surface area (Å²) in [5.74, 6) is 0.905. The number of phosphoric acid groups is 2. The maximum absolute atomic E-state index is 13.0. The Morgan fingerprint density at radius 3 is 0.789 bits per heavy atom. The first-order valence-electron chi connectivity index (χ1n) is 36.8. The molecule has 0 aromatic heterocycles. The molecule has 90 heavy (non-hydrogen) atoms. The zero-order valence-electron chi connectivity index (χ0n) is 58.8. The molecule has 0 saturated heterocycles. The Bertz CT molecular complexity index is 1790. The van der Waals surface area contributed by atoms with Crippen LogP contribution >= 0.6 is 15.6 Å². The van der Waals surface area contributed by atoms with Gasteiger partial charge < -0.3 is 33.8 Å². The topological polar surface area (TPSA) is 237 Å². The lowest BCUT2D eigenvalue weighted by Crippen LogP contribution is -2.30. The second-order valence-electron chi connectivity index (χ2n) is 27.1. The van der Waals surface area contributed by atoms with E-state index in [1.165, 1.54) is 148 Å². The van der Waals surface area contributed by atoms with Gasteiger partial charge in [-0.05, 0) is 49.4 Å². The number of phosphoric ester groups is 2. The predicted octanol–water partition coefficient (Wildman–Crippen LogP) is 20.1. The van der Waals surface area contributed by atoms with Crippen molar-refractivity contribution in [2.24, 2.45) is 23.7 Å². The molecule has 0 aromatic rings. The van der Waals surface area contributed by atoms with Crippen LogP contribution in [0.15, 0.2) is 0 Å². The van der Waals surface area contributed by atoms with Gasteiger partial charge in [0.25, 0.3) is 0 Å². The van der Waals surface area contributed by atoms with E-state index in [2.05, 4.69) is 55.4 Å². The molecule has 0 aromatic carbocycles. The van der Waals surface area contributed by atoms with Gasteiger partial charge in [0.15, 0.2) is 12.2 Å². The molecule has 7 atom stereocenters. The van der Waals surface area contributed by atoms with E-state index in [-0.39, 0.29) is 25.7 Å². The lowest BCUT2D eigenvalue weighted by atomic mass is 9.99. The Labute approximate surface area is 549 Å². The van der Waals surface area contributed by atoms with Crippen molar-refractivity contribution < 1.29 is 80.2 Å². The minimum atomic E-state index is -4.95. The van der Waals surface area contributed by atoms with Gasteiger partial charge in [0.1, 0.15) is 19.3 Å². The van der Waals surface area contributed by atoms with Crippen LogP contribution in [0.2, 0.25) is 0 Å². The van der Waals surface area contributed by atoms with E-state index in [4.69, 9.17) is 37.0 Å². The molecular weight excluding hydrogens is 1190 g/mol. The molecule has 0 radical (unpaired) electrons. The number of hydrogen-bond acceptors (Lipinski definition) is 15. The van der Waals surface area contributed by atoms with Crippen LogP contribution < -0.4 is 0 Å². The second-order valence-corrected chi connectivity index (χ2v) is 30.0. The number of rotatable bonds is 68. The van der Waals surface area contributed by atoms with Crippen LogP contribution in [0.1, 0.15) is 351 Å². The number of unbranched alkanes of at least 4 members (excludes halogenated alkanes) is 32. The van der Waals surface area contributed by atoms with Crippen molar-refractivity contribution in [2.45, 2.75) is 369 Å². The molecule has 0 rings (SSSR count). The quantitative estimate of drug-likeness (QED) is 0.0222. The fourth-order valence-corrected chi connectivity index (χ4v) is 12.2. The van der Waals surface area contributed by atoms with Crippen molar-refractivity contribution in [3.8, 4) is 0 Å². The van der Waals surface area contributed by atoms with E-state index in [0.29, 0.717) is 31.6 Å². The minimum absolute atomic E-state index is 0.103. The molecule has 3 N–H and O–H groups in total. The van der Waals surface area contributed by atoms with Crippen LogP contribution in [0.5, 0.6) is 0 Å². The summed E-state index contributed by atoms with van der Waals surface area (Å²) in [5, 5.41) is 10.6. The van der Waals surface area contributed by atoms with E-state index in [9.17, 15) is 43.2 Å². The van der Waals surface area contributed by atoms with Gasteiger partial charge in [-0.3, -0.25) is 37.3 Å². The van der Waals surface area contributed by atoms with Gasteiger partial charge in [0, 0.05) is 25.7 Å². The highest BCUT2D eigenvalue weighted by atomic mass is 31.2. The predicted molar refractivity (Wildman–Crippen MR) is 363 cm³/mol. The fourth-order valence-electron chi connectivity index (χ4n) is 10.6. The van der Waals surface area contributed by atoms with E-state index < -0.39 is 97.5 Å². The van der Waals surface area contributed by atoms with Gasteiger partial charge in [-0.1, -0.05) is 299 Å². The number of carbonyl (C=O) groups excluding carboxylic acids is 4. The van der Waals surface area contributed by atoms with Crippen LogP contribution in [0.4, 0.5) is 0 Å². The minimum Gasteiger partial charge on any atom is -0.462 e. The molecule has 17 nitrogen and oxygen atoms in total. The third-order valence-corrected chi connectivity index (χ3v) is 18.9. The monoisotopic (exact) mass is 1320 g/mol. The van der Waals surface area contributed by atoms with Crippen molar-refractivity contribution in [1.29, 1.82) is 0 Å². The first-order chi connectivity index (χ1) is 43.2. The zero-order valence-corrected chi connectivity index (χ0v) is 60.6. The average molecular weight is 1330 g/mol. The van der Waals surface area contributed by atoms with Crippen molar-refractivity contribution >= 4 is 39.5 Å². The molecule has 0 heterocycles. The van der Waals surface area contributed by atoms with E-state index in [1.807, 2.05) is 0 Å². The Morgan fingerprint density at radius 2 is 0.533 bits per heavy atom. The van der Waals surface area contributed by atoms with E-state index in [1.54, 1.807) is 0 Å². The Morgan fingerprint density at radius 1 is 0.311 bits per heavy atom. The van der Waals surface area contributed by atoms with Crippen LogP contribution in [-0.4, -0.2) is 96.7 Å². The second kappa shape index (κ2) is 60.7. The van der Waals surface area contributed by atoms with Crippen LogP contribution in [0.25, 0.3) is 0 Å². The molecular formula is C71H138O17P2. The molecule has 0 spiro atoms. The average Bonchev–Trinajstić information content (AvgIpc) is 3.18. The summed E-state index contributed by atoms with van der Waals surface area (Å²) in [6.45, 7) is 14.1. The van der Waals surface area contributed by atoms with Crippen molar-refractivity contribution in [2.75, 3.05) is 39.6 Å². The van der Waals surface area contributed by atoms with Gasteiger partial charge in [-0.25, -0.2) is 9.13 Å². The Balaban J connectivity index is 5.26. The Hall–Kier alpha value is -1.94. The van der Waals surface area contributed by atoms with E-state index in [0.717, 1.165) is 114 Å². The zero-order chi connectivity index (χ0) is 66.8. The number of esters is 4. The van der Waals surface area contributed by atoms with Gasteiger partial charge >= 0.3 is 39.5 Å². The lowest BCUT2D eigenvalue weighted by molar-refractivity contribution is -0.161. The molecule has 0 aliphatic heterocycles. The smallest absolute Gasteiger partial charge is 0.462 e. The molecule has 0 saturated carbocycles. The van der Waals surface area contributed by atoms with Gasteiger partial charge in [-0.15, -0.1) is 0 Å². The molecule has 0 fully saturated rings. The molecule has 0 aliphatic carbocycles. The third-order valence-electron chi connectivity index (χ3n) is 17.0. The number of hydrogen-bond donors (Lipinski definition) is 3. The SMILES string of the molecule is CCC(C)CCCCCCCCCCCCC(=O)OC[C@H](COP(=O)(O)OC[C@@H](O)COP(=O)(O)OC[C@@H](COC(=O)CCCCCCCCC(C)C)OC(=O)CCCCCCCCCCC(C)CC)OC(=O)CCCCCCCCCCCCCCC(C)C. The first kappa shape index (κ1) is 88.1. The van der Waals surface area contributed by atoms with Crippen molar-refractivity contribution in [3.63, 3.8) is 0 Å². The van der Waals surface area contributed by atoms with Crippen LogP contribution in [0, 0.1) is 23.7 Å². The molecule has 534 valence electrons. The molecule has 0 aliphatic rings. The highest BCUT2D eigenvalue weighted by Gasteiger charge is 2.30. The van der Waals surface area contributed by atoms with Crippen molar-refractivity contribution in [3.05, 3.63) is 0 Å². The van der Waals surface area contributed by atoms with Crippen LogP contribution in [0.3, 0.4) is 0 Å². The summed E-state index contributed by atoms with van der Waals surface area (Å²) < 4.78 is 68.3. The summed E-state index contributed by atoms with van der Waals surface area (Å²) >= 11 is 0. The Kier molecular flexibility index (Phi) is 59.4. The highest BCUT2D eigenvalue weighted by molar-refractivity contribution is 7.47. The highest BCUT2D eigenvalue weighted by Crippen LogP contribution is 2.45. The number of ether oxygens (including phenoxy) is 4. The molecule has 19 heteroatoms. The normalized spacial score (nSPS) is 14.9.